The number of para-hydroxylation sites is 1. The molecule has 12 nitrogen and oxygen atoms in total. The number of hydrogen-bond acceptors (Lipinski definition) is 7. The molecule has 3 aromatic carbocycles. The Hall–Kier alpha value is -5.26. The summed E-state index contributed by atoms with van der Waals surface area (Å²) in [7, 11) is 2.78. The number of urea groups is 1. The predicted octanol–water partition coefficient (Wildman–Crippen LogP) is 2.94. The van der Waals surface area contributed by atoms with Crippen LogP contribution < -0.4 is 25.0 Å². The average molecular weight is 616 g/mol. The molecule has 2 aliphatic rings. The minimum Gasteiger partial charge on any atom is -0.496 e. The number of rotatable bonds is 10. The molecule has 3 N–H and O–H groups in total. The Labute approximate surface area is 261 Å². The molecule has 2 aliphatic heterocycles. The van der Waals surface area contributed by atoms with Gasteiger partial charge in [0.1, 0.15) is 28.6 Å². The number of nitrogens with one attached hydrogen (secondary N) is 2. The van der Waals surface area contributed by atoms with Gasteiger partial charge in [-0.2, -0.15) is 0 Å². The van der Waals surface area contributed by atoms with Crippen molar-refractivity contribution in [1.82, 2.24) is 20.4 Å². The van der Waals surface area contributed by atoms with Crippen LogP contribution in [-0.2, 0) is 16.1 Å². The van der Waals surface area contributed by atoms with Crippen LogP contribution in [0.5, 0.6) is 11.5 Å². The zero-order chi connectivity index (χ0) is 32.0. The third-order valence-corrected chi connectivity index (χ3v) is 8.39. The Morgan fingerprint density at radius 1 is 0.889 bits per heavy atom. The maximum Gasteiger partial charge on any atom is 0.328 e. The first-order chi connectivity index (χ1) is 21.8. The van der Waals surface area contributed by atoms with Crippen molar-refractivity contribution in [3.63, 3.8) is 0 Å². The topological polar surface area (TPSA) is 141 Å². The van der Waals surface area contributed by atoms with E-state index in [4.69, 9.17) is 9.47 Å². The van der Waals surface area contributed by atoms with Gasteiger partial charge < -0.3 is 39.9 Å². The van der Waals surface area contributed by atoms with Crippen molar-refractivity contribution in [1.29, 1.82) is 0 Å². The molecule has 2 saturated heterocycles. The van der Waals surface area contributed by atoms with E-state index in [9.17, 15) is 24.3 Å². The number of nitrogens with zero attached hydrogens (tertiary/aromatic N) is 3. The fourth-order valence-corrected chi connectivity index (χ4v) is 6.01. The molecule has 0 aliphatic carbocycles. The number of carboxylic acid groups (broad SMARTS) is 1. The number of amides is 4. The lowest BCUT2D eigenvalue weighted by atomic mass is 9.85. The van der Waals surface area contributed by atoms with Crippen LogP contribution in [0.2, 0.25) is 0 Å². The monoisotopic (exact) mass is 615 g/mol. The minimum atomic E-state index is -1.41. The fraction of sp³-hybridized carbons (Fsp3) is 0.333. The molecule has 1 atom stereocenters. The Morgan fingerprint density at radius 2 is 1.49 bits per heavy atom. The molecule has 1 unspecified atom stereocenters. The highest BCUT2D eigenvalue weighted by atomic mass is 16.5. The van der Waals surface area contributed by atoms with Crippen molar-refractivity contribution in [3.8, 4) is 11.5 Å². The Bertz CT molecular complexity index is 1500. The van der Waals surface area contributed by atoms with Gasteiger partial charge in [0.25, 0.3) is 5.91 Å². The summed E-state index contributed by atoms with van der Waals surface area (Å²) in [5.41, 5.74) is 1.22. The third kappa shape index (κ3) is 6.49. The number of carbonyl (C=O) groups is 4. The van der Waals surface area contributed by atoms with Gasteiger partial charge in [-0.3, -0.25) is 9.59 Å². The van der Waals surface area contributed by atoms with E-state index in [2.05, 4.69) is 15.5 Å². The Morgan fingerprint density at radius 3 is 2.07 bits per heavy atom. The quantitative estimate of drug-likeness (QED) is 0.316. The molecule has 4 amide bonds. The number of aliphatic carboxylic acids is 1. The number of likely N-dealkylation sites (tertiary alicyclic amines) is 1. The summed E-state index contributed by atoms with van der Waals surface area (Å²) in [6.07, 6.45) is 0.818. The largest absolute Gasteiger partial charge is 0.496 e. The lowest BCUT2D eigenvalue weighted by Crippen LogP contribution is -2.59. The van der Waals surface area contributed by atoms with Crippen molar-refractivity contribution < 1.29 is 33.8 Å². The predicted molar refractivity (Wildman–Crippen MR) is 166 cm³/mol. The number of methoxy groups -OCH3 is 2. The molecule has 3 aromatic rings. The highest BCUT2D eigenvalue weighted by Gasteiger charge is 2.54. The fourth-order valence-electron chi connectivity index (χ4n) is 6.01. The number of anilines is 1. The summed E-state index contributed by atoms with van der Waals surface area (Å²) in [6, 6.07) is 22.5. The zero-order valence-electron chi connectivity index (χ0n) is 25.3. The van der Waals surface area contributed by atoms with E-state index < -0.39 is 29.5 Å². The second-order valence-electron chi connectivity index (χ2n) is 11.0. The first-order valence-corrected chi connectivity index (χ1v) is 14.7. The van der Waals surface area contributed by atoms with Crippen molar-refractivity contribution in [2.75, 3.05) is 45.4 Å². The van der Waals surface area contributed by atoms with Crippen LogP contribution in [0.25, 0.3) is 0 Å². The summed E-state index contributed by atoms with van der Waals surface area (Å²) in [6.45, 7) is 1.16. The summed E-state index contributed by atoms with van der Waals surface area (Å²) in [4.78, 5) is 57.8. The normalized spacial score (nSPS) is 16.3. The van der Waals surface area contributed by atoms with Crippen LogP contribution in [0.4, 0.5) is 10.5 Å². The van der Waals surface area contributed by atoms with Gasteiger partial charge in [0, 0.05) is 25.3 Å². The Balaban J connectivity index is 1.24. The molecule has 0 bridgehead atoms. The maximum atomic E-state index is 14.0. The van der Waals surface area contributed by atoms with Gasteiger partial charge in [0.15, 0.2) is 0 Å². The SMILES string of the molecule is COc1cccc(OC)c1C(=O)NC(CNC(=O)N1CCC2(CC1)C(=O)N(Cc1ccccc1)CN2c1ccccc1)C(=O)O. The smallest absolute Gasteiger partial charge is 0.328 e. The van der Waals surface area contributed by atoms with Crippen molar-refractivity contribution in [2.45, 2.75) is 31.0 Å². The van der Waals surface area contributed by atoms with Crippen LogP contribution in [0.3, 0.4) is 0 Å². The molecule has 5 rings (SSSR count). The van der Waals surface area contributed by atoms with E-state index >= 15 is 0 Å². The lowest BCUT2D eigenvalue weighted by Gasteiger charge is -2.43. The molecule has 0 radical (unpaired) electrons. The number of carbonyl (C=O) groups excluding carboxylic acids is 3. The minimum absolute atomic E-state index is 0.0238. The number of piperidine rings is 1. The van der Waals surface area contributed by atoms with Crippen LogP contribution in [-0.4, -0.2) is 90.8 Å². The second-order valence-corrected chi connectivity index (χ2v) is 11.0. The van der Waals surface area contributed by atoms with Gasteiger partial charge in [-0.15, -0.1) is 0 Å². The van der Waals surface area contributed by atoms with Gasteiger partial charge in [-0.05, 0) is 42.7 Å². The highest BCUT2D eigenvalue weighted by Crippen LogP contribution is 2.40. The number of hydrogen-bond donors (Lipinski definition) is 3. The van der Waals surface area contributed by atoms with E-state index in [0.29, 0.717) is 39.1 Å². The first-order valence-electron chi connectivity index (χ1n) is 14.7. The van der Waals surface area contributed by atoms with E-state index in [1.54, 1.807) is 23.1 Å². The lowest BCUT2D eigenvalue weighted by molar-refractivity contribution is -0.139. The van der Waals surface area contributed by atoms with Crippen molar-refractivity contribution >= 4 is 29.5 Å². The van der Waals surface area contributed by atoms with Crippen molar-refractivity contribution in [2.24, 2.45) is 0 Å². The second kappa shape index (κ2) is 13.6. The van der Waals surface area contributed by atoms with Crippen LogP contribution in [0, 0.1) is 0 Å². The summed E-state index contributed by atoms with van der Waals surface area (Å²) < 4.78 is 10.5. The molecular formula is C33H37N5O7. The van der Waals surface area contributed by atoms with Gasteiger partial charge in [0.2, 0.25) is 5.91 Å². The van der Waals surface area contributed by atoms with Gasteiger partial charge in [-0.1, -0.05) is 54.6 Å². The van der Waals surface area contributed by atoms with E-state index in [0.717, 1.165) is 11.3 Å². The average Bonchev–Trinajstić information content (AvgIpc) is 3.33. The van der Waals surface area contributed by atoms with Gasteiger partial charge >= 0.3 is 12.0 Å². The number of ether oxygens (including phenoxy) is 2. The molecular weight excluding hydrogens is 578 g/mol. The standard InChI is InChI=1S/C33H37N5O7/c1-44-26-14-9-15-27(45-2)28(26)29(39)35-25(30(40)41)20-34-32(43)36-18-16-33(17-19-36)31(42)37(21-23-10-5-3-6-11-23)22-38(33)24-12-7-4-8-13-24/h3-15,25H,16-22H2,1-2H3,(H,34,43)(H,35,39)(H,40,41). The molecule has 2 heterocycles. The van der Waals surface area contributed by atoms with Gasteiger partial charge in [-0.25, -0.2) is 9.59 Å². The van der Waals surface area contributed by atoms with Crippen molar-refractivity contribution in [3.05, 3.63) is 90.0 Å². The summed E-state index contributed by atoms with van der Waals surface area (Å²) in [5.74, 6) is -1.57. The van der Waals surface area contributed by atoms with Gasteiger partial charge in [0.05, 0.1) is 27.4 Å². The molecule has 1 spiro atoms. The summed E-state index contributed by atoms with van der Waals surface area (Å²) in [5, 5.41) is 14.9. The molecule has 0 aromatic heterocycles. The number of benzene rings is 3. The molecule has 45 heavy (non-hydrogen) atoms. The third-order valence-electron chi connectivity index (χ3n) is 8.39. The molecule has 2 fully saturated rings. The van der Waals surface area contributed by atoms with E-state index in [1.165, 1.54) is 14.2 Å². The van der Waals surface area contributed by atoms with E-state index in [1.807, 2.05) is 65.6 Å². The number of carboxylic acids is 1. The van der Waals surface area contributed by atoms with Crippen LogP contribution >= 0.6 is 0 Å². The highest BCUT2D eigenvalue weighted by molar-refractivity contribution is 6.01. The molecule has 12 heteroatoms. The summed E-state index contributed by atoms with van der Waals surface area (Å²) >= 11 is 0. The first kappa shape index (κ1) is 31.2. The molecule has 236 valence electrons. The van der Waals surface area contributed by atoms with Crippen LogP contribution in [0.1, 0.15) is 28.8 Å². The Kier molecular flexibility index (Phi) is 9.41. The van der Waals surface area contributed by atoms with E-state index in [-0.39, 0.29) is 29.5 Å². The van der Waals surface area contributed by atoms with Crippen LogP contribution in [0.15, 0.2) is 78.9 Å². The maximum absolute atomic E-state index is 14.0. The zero-order valence-corrected chi connectivity index (χ0v) is 25.3. The molecule has 0 saturated carbocycles.